The van der Waals surface area contributed by atoms with Crippen molar-refractivity contribution in [3.8, 4) is 0 Å². The van der Waals surface area contributed by atoms with Crippen molar-refractivity contribution in [2.75, 3.05) is 5.73 Å². The third-order valence-electron chi connectivity index (χ3n) is 4.12. The maximum absolute atomic E-state index is 12.0. The van der Waals surface area contributed by atoms with Gasteiger partial charge in [0, 0.05) is 5.54 Å². The van der Waals surface area contributed by atoms with Crippen molar-refractivity contribution < 1.29 is 4.79 Å². The first-order valence-corrected chi connectivity index (χ1v) is 6.58. The predicted octanol–water partition coefficient (Wildman–Crippen LogP) is 1.53. The minimum atomic E-state index is 0.0298. The van der Waals surface area contributed by atoms with Crippen LogP contribution in [0.25, 0.3) is 0 Å². The van der Waals surface area contributed by atoms with Gasteiger partial charge in [-0.05, 0) is 39.5 Å². The predicted molar refractivity (Wildman–Crippen MR) is 71.1 cm³/mol. The smallest absolute Gasteiger partial charge is 0.242 e. The van der Waals surface area contributed by atoms with Gasteiger partial charge in [-0.1, -0.05) is 6.92 Å². The first kappa shape index (κ1) is 12.9. The molecule has 1 aromatic heterocycles. The van der Waals surface area contributed by atoms with E-state index in [1.54, 1.807) is 4.68 Å². The third-order valence-corrected chi connectivity index (χ3v) is 4.12. The Morgan fingerprint density at radius 3 is 2.56 bits per heavy atom. The van der Waals surface area contributed by atoms with E-state index in [1.807, 2.05) is 13.8 Å². The molecule has 0 aliphatic heterocycles. The van der Waals surface area contributed by atoms with Crippen LogP contribution in [-0.2, 0) is 11.3 Å². The summed E-state index contributed by atoms with van der Waals surface area (Å²) in [6.07, 6.45) is 4.39. The number of rotatable bonds is 4. The molecule has 0 radical (unpaired) electrons. The van der Waals surface area contributed by atoms with Gasteiger partial charge in [0.05, 0.1) is 17.1 Å². The van der Waals surface area contributed by atoms with E-state index < -0.39 is 0 Å². The van der Waals surface area contributed by atoms with Gasteiger partial charge in [0.2, 0.25) is 5.91 Å². The fourth-order valence-corrected chi connectivity index (χ4v) is 2.51. The molecule has 1 fully saturated rings. The summed E-state index contributed by atoms with van der Waals surface area (Å²) in [5, 5.41) is 7.42. The van der Waals surface area contributed by atoms with Crippen LogP contribution in [0.3, 0.4) is 0 Å². The van der Waals surface area contributed by atoms with Gasteiger partial charge in [0.1, 0.15) is 6.54 Å². The van der Waals surface area contributed by atoms with Crippen molar-refractivity contribution in [3.05, 3.63) is 11.4 Å². The molecule has 1 amide bonds. The summed E-state index contributed by atoms with van der Waals surface area (Å²) in [7, 11) is 0. The molecule has 0 saturated heterocycles. The van der Waals surface area contributed by atoms with Crippen molar-refractivity contribution >= 4 is 11.6 Å². The standard InChI is InChI=1S/C13H22N4O/c1-4-13(6-5-7-13)15-11(18)8-17-10(3)12(14)9(2)16-17/h4-8,14H2,1-3H3,(H,15,18). The van der Waals surface area contributed by atoms with E-state index in [4.69, 9.17) is 5.73 Å². The van der Waals surface area contributed by atoms with E-state index in [2.05, 4.69) is 17.3 Å². The lowest BCUT2D eigenvalue weighted by molar-refractivity contribution is -0.125. The molecule has 1 aliphatic carbocycles. The number of hydrogen-bond donors (Lipinski definition) is 2. The van der Waals surface area contributed by atoms with E-state index in [0.717, 1.165) is 30.7 Å². The minimum absolute atomic E-state index is 0.0298. The molecule has 100 valence electrons. The van der Waals surface area contributed by atoms with Crippen molar-refractivity contribution in [3.63, 3.8) is 0 Å². The van der Waals surface area contributed by atoms with Crippen LogP contribution in [-0.4, -0.2) is 21.2 Å². The lowest BCUT2D eigenvalue weighted by atomic mass is 9.75. The lowest BCUT2D eigenvalue weighted by Gasteiger charge is -2.42. The van der Waals surface area contributed by atoms with Crippen molar-refractivity contribution in [2.24, 2.45) is 0 Å². The van der Waals surface area contributed by atoms with Crippen LogP contribution in [0.1, 0.15) is 44.0 Å². The number of hydrogen-bond acceptors (Lipinski definition) is 3. The average Bonchev–Trinajstić information content (AvgIpc) is 2.52. The fraction of sp³-hybridized carbons (Fsp3) is 0.692. The molecule has 1 saturated carbocycles. The maximum Gasteiger partial charge on any atom is 0.242 e. The second-order valence-corrected chi connectivity index (χ2v) is 5.28. The van der Waals surface area contributed by atoms with E-state index >= 15 is 0 Å². The Hall–Kier alpha value is -1.52. The summed E-state index contributed by atoms with van der Waals surface area (Å²) in [6.45, 7) is 6.13. The van der Waals surface area contributed by atoms with Gasteiger partial charge >= 0.3 is 0 Å². The molecule has 0 spiro atoms. The summed E-state index contributed by atoms with van der Waals surface area (Å²) in [5.41, 5.74) is 8.22. The fourth-order valence-electron chi connectivity index (χ4n) is 2.51. The molecule has 1 heterocycles. The number of anilines is 1. The number of nitrogen functional groups attached to an aromatic ring is 1. The molecule has 0 unspecified atom stereocenters. The molecule has 18 heavy (non-hydrogen) atoms. The third kappa shape index (κ3) is 2.21. The first-order chi connectivity index (χ1) is 8.47. The monoisotopic (exact) mass is 250 g/mol. The van der Waals surface area contributed by atoms with Crippen LogP contribution in [0.2, 0.25) is 0 Å². The first-order valence-electron chi connectivity index (χ1n) is 6.58. The lowest BCUT2D eigenvalue weighted by Crippen LogP contribution is -2.53. The van der Waals surface area contributed by atoms with Gasteiger partial charge < -0.3 is 11.1 Å². The molecule has 0 atom stereocenters. The summed E-state index contributed by atoms with van der Waals surface area (Å²) < 4.78 is 1.68. The molecule has 5 heteroatoms. The van der Waals surface area contributed by atoms with Crippen LogP contribution in [0.15, 0.2) is 0 Å². The zero-order valence-electron chi connectivity index (χ0n) is 11.4. The largest absolute Gasteiger partial charge is 0.396 e. The zero-order chi connectivity index (χ0) is 13.3. The van der Waals surface area contributed by atoms with E-state index in [-0.39, 0.29) is 18.0 Å². The molecule has 0 aromatic carbocycles. The minimum Gasteiger partial charge on any atom is -0.396 e. The van der Waals surface area contributed by atoms with Gasteiger partial charge in [0.25, 0.3) is 0 Å². The Morgan fingerprint density at radius 1 is 1.50 bits per heavy atom. The number of nitrogens with zero attached hydrogens (tertiary/aromatic N) is 2. The van der Waals surface area contributed by atoms with Gasteiger partial charge in [-0.2, -0.15) is 5.10 Å². The molecule has 5 nitrogen and oxygen atoms in total. The molecule has 0 bridgehead atoms. The van der Waals surface area contributed by atoms with Crippen LogP contribution >= 0.6 is 0 Å². The second-order valence-electron chi connectivity index (χ2n) is 5.28. The maximum atomic E-state index is 12.0. The number of aryl methyl sites for hydroxylation is 1. The molecule has 1 aliphatic rings. The number of aromatic nitrogens is 2. The van der Waals surface area contributed by atoms with Crippen molar-refractivity contribution in [2.45, 2.75) is 58.5 Å². The van der Waals surface area contributed by atoms with Crippen LogP contribution < -0.4 is 11.1 Å². The Morgan fingerprint density at radius 2 is 2.17 bits per heavy atom. The normalized spacial score (nSPS) is 17.3. The molecule has 3 N–H and O–H groups in total. The van der Waals surface area contributed by atoms with Gasteiger partial charge in [0.15, 0.2) is 0 Å². The van der Waals surface area contributed by atoms with Crippen LogP contribution in [0.4, 0.5) is 5.69 Å². The summed E-state index contributed by atoms with van der Waals surface area (Å²) in [4.78, 5) is 12.0. The average molecular weight is 250 g/mol. The highest BCUT2D eigenvalue weighted by Gasteiger charge is 2.36. The molecular formula is C13H22N4O. The quantitative estimate of drug-likeness (QED) is 0.851. The van der Waals surface area contributed by atoms with Crippen LogP contribution in [0.5, 0.6) is 0 Å². The number of carbonyl (C=O) groups is 1. The van der Waals surface area contributed by atoms with Crippen molar-refractivity contribution in [1.82, 2.24) is 15.1 Å². The van der Waals surface area contributed by atoms with Crippen LogP contribution in [0, 0.1) is 13.8 Å². The van der Waals surface area contributed by atoms with Crippen molar-refractivity contribution in [1.29, 1.82) is 0 Å². The highest BCUT2D eigenvalue weighted by Crippen LogP contribution is 2.34. The van der Waals surface area contributed by atoms with Gasteiger partial charge in [-0.25, -0.2) is 0 Å². The number of carbonyl (C=O) groups excluding carboxylic acids is 1. The van der Waals surface area contributed by atoms with E-state index in [0.29, 0.717) is 5.69 Å². The highest BCUT2D eigenvalue weighted by atomic mass is 16.2. The topological polar surface area (TPSA) is 72.9 Å². The van der Waals surface area contributed by atoms with Gasteiger partial charge in [-0.15, -0.1) is 0 Å². The molecule has 1 aromatic rings. The number of amides is 1. The number of nitrogens with one attached hydrogen (secondary N) is 1. The number of nitrogens with two attached hydrogens (primary N) is 1. The second kappa shape index (κ2) is 4.63. The molecular weight excluding hydrogens is 228 g/mol. The summed E-state index contributed by atoms with van der Waals surface area (Å²) in [5.74, 6) is 0.0298. The van der Waals surface area contributed by atoms with Gasteiger partial charge in [-0.3, -0.25) is 9.48 Å². The SMILES string of the molecule is CCC1(NC(=O)Cn2nc(C)c(N)c2C)CCC1. The summed E-state index contributed by atoms with van der Waals surface area (Å²) >= 11 is 0. The Bertz CT molecular complexity index is 454. The Kier molecular flexibility index (Phi) is 3.32. The summed E-state index contributed by atoms with van der Waals surface area (Å²) in [6, 6.07) is 0. The Labute approximate surface area is 108 Å². The zero-order valence-corrected chi connectivity index (χ0v) is 11.4. The highest BCUT2D eigenvalue weighted by molar-refractivity contribution is 5.77. The molecule has 2 rings (SSSR count). The Balaban J connectivity index is 2.01. The van der Waals surface area contributed by atoms with E-state index in [9.17, 15) is 4.79 Å². The van der Waals surface area contributed by atoms with E-state index in [1.165, 1.54) is 6.42 Å².